The molecule has 0 amide bonds. The highest BCUT2D eigenvalue weighted by Gasteiger charge is 2.36. The number of esters is 1. The molecule has 0 aliphatic carbocycles. The molecule has 0 fully saturated rings. The minimum absolute atomic E-state index is 0.0367. The van der Waals surface area contributed by atoms with Gasteiger partial charge in [0.1, 0.15) is 11.7 Å². The quantitative estimate of drug-likeness (QED) is 0.346. The van der Waals surface area contributed by atoms with E-state index in [0.717, 1.165) is 0 Å². The Morgan fingerprint density at radius 1 is 1.00 bits per heavy atom. The van der Waals surface area contributed by atoms with Crippen molar-refractivity contribution in [2.24, 2.45) is 5.92 Å². The molecule has 2 aromatic rings. The van der Waals surface area contributed by atoms with E-state index in [1.54, 1.807) is 49.4 Å². The molecule has 2 rings (SSSR count). The topological polar surface area (TPSA) is 60.4 Å². The maximum atomic E-state index is 12.8. The molecule has 0 N–H and O–H groups in total. The van der Waals surface area contributed by atoms with E-state index in [1.807, 2.05) is 6.07 Å². The second kappa shape index (κ2) is 9.67. The van der Waals surface area contributed by atoms with Gasteiger partial charge in [-0.25, -0.2) is 0 Å². The molecule has 2 aromatic carbocycles. The fourth-order valence-corrected chi connectivity index (χ4v) is 3.26. The standard InChI is InChI=1S/C21H20Cl2O4/c1-3-27-21(26)20(13(2)24)16(15-9-10-17(22)18(23)11-15)12-19(25)14-7-5-4-6-8-14/h4-11,16,20H,3,12H2,1-2H3/t16-,20-/m0/s1. The summed E-state index contributed by atoms with van der Waals surface area (Å²) in [5, 5.41) is 0.640. The molecular formula is C21H20Cl2O4. The predicted molar refractivity (Wildman–Crippen MR) is 105 cm³/mol. The van der Waals surface area contributed by atoms with E-state index in [0.29, 0.717) is 16.1 Å². The Hall–Kier alpha value is -2.17. The predicted octanol–water partition coefficient (Wildman–Crippen LogP) is 5.12. The van der Waals surface area contributed by atoms with Crippen LogP contribution in [0.5, 0.6) is 0 Å². The first-order valence-electron chi connectivity index (χ1n) is 8.55. The maximum absolute atomic E-state index is 12.8. The largest absolute Gasteiger partial charge is 0.465 e. The molecule has 0 aliphatic heterocycles. The summed E-state index contributed by atoms with van der Waals surface area (Å²) in [6.07, 6.45) is -0.0367. The lowest BCUT2D eigenvalue weighted by molar-refractivity contribution is -0.152. The van der Waals surface area contributed by atoms with Gasteiger partial charge in [-0.1, -0.05) is 59.6 Å². The first-order chi connectivity index (χ1) is 12.8. The second-order valence-corrected chi connectivity index (χ2v) is 6.93. The smallest absolute Gasteiger partial charge is 0.317 e. The SMILES string of the molecule is CCOC(=O)[C@@H](C(C)=O)[C@@H](CC(=O)c1ccccc1)c1ccc(Cl)c(Cl)c1. The third kappa shape index (κ3) is 5.41. The molecule has 0 saturated heterocycles. The van der Waals surface area contributed by atoms with Crippen molar-refractivity contribution in [1.82, 2.24) is 0 Å². The molecule has 0 aliphatic rings. The van der Waals surface area contributed by atoms with E-state index in [9.17, 15) is 14.4 Å². The fourth-order valence-electron chi connectivity index (χ4n) is 2.96. The van der Waals surface area contributed by atoms with Crippen LogP contribution in [0.3, 0.4) is 0 Å². The zero-order valence-corrected chi connectivity index (χ0v) is 16.6. The average molecular weight is 407 g/mol. The van der Waals surface area contributed by atoms with Crippen molar-refractivity contribution in [3.8, 4) is 0 Å². The number of Topliss-reactive ketones (excluding diaryl/α,β-unsaturated/α-hetero) is 2. The van der Waals surface area contributed by atoms with Crippen LogP contribution in [-0.2, 0) is 14.3 Å². The Morgan fingerprint density at radius 2 is 1.67 bits per heavy atom. The molecule has 0 saturated carbocycles. The fraction of sp³-hybridized carbons (Fsp3) is 0.286. The minimum Gasteiger partial charge on any atom is -0.465 e. The minimum atomic E-state index is -1.10. The van der Waals surface area contributed by atoms with Crippen LogP contribution in [0.4, 0.5) is 0 Å². The number of halogens is 2. The van der Waals surface area contributed by atoms with Crippen molar-refractivity contribution in [1.29, 1.82) is 0 Å². The average Bonchev–Trinajstić information content (AvgIpc) is 2.64. The van der Waals surface area contributed by atoms with Crippen molar-refractivity contribution in [2.45, 2.75) is 26.2 Å². The number of hydrogen-bond acceptors (Lipinski definition) is 4. The zero-order chi connectivity index (χ0) is 20.0. The van der Waals surface area contributed by atoms with Crippen molar-refractivity contribution in [3.05, 3.63) is 69.7 Å². The Labute approximate surface area is 168 Å². The van der Waals surface area contributed by atoms with Gasteiger partial charge in [-0.15, -0.1) is 0 Å². The number of ether oxygens (including phenoxy) is 1. The lowest BCUT2D eigenvalue weighted by Crippen LogP contribution is -2.32. The zero-order valence-electron chi connectivity index (χ0n) is 15.1. The van der Waals surface area contributed by atoms with Crippen molar-refractivity contribution < 1.29 is 19.1 Å². The summed E-state index contributed by atoms with van der Waals surface area (Å²) in [7, 11) is 0. The van der Waals surface area contributed by atoms with Gasteiger partial charge in [-0.3, -0.25) is 14.4 Å². The summed E-state index contributed by atoms with van der Waals surface area (Å²) in [5.41, 5.74) is 1.09. The molecule has 6 heteroatoms. The normalized spacial score (nSPS) is 12.9. The highest BCUT2D eigenvalue weighted by molar-refractivity contribution is 6.42. The van der Waals surface area contributed by atoms with E-state index >= 15 is 0 Å². The van der Waals surface area contributed by atoms with Crippen LogP contribution in [0.25, 0.3) is 0 Å². The summed E-state index contributed by atoms with van der Waals surface area (Å²) < 4.78 is 5.08. The van der Waals surface area contributed by atoms with E-state index < -0.39 is 17.8 Å². The Morgan fingerprint density at radius 3 is 2.22 bits per heavy atom. The summed E-state index contributed by atoms with van der Waals surface area (Å²) in [4.78, 5) is 37.5. The molecule has 142 valence electrons. The van der Waals surface area contributed by atoms with Crippen LogP contribution >= 0.6 is 23.2 Å². The number of ketones is 2. The van der Waals surface area contributed by atoms with E-state index in [1.165, 1.54) is 6.92 Å². The van der Waals surface area contributed by atoms with Crippen LogP contribution in [-0.4, -0.2) is 24.1 Å². The Balaban J connectivity index is 2.46. The number of benzene rings is 2. The third-order valence-corrected chi connectivity index (χ3v) is 4.99. The van der Waals surface area contributed by atoms with Gasteiger partial charge in [0, 0.05) is 17.9 Å². The molecule has 0 heterocycles. The lowest BCUT2D eigenvalue weighted by atomic mass is 9.79. The van der Waals surface area contributed by atoms with Gasteiger partial charge < -0.3 is 4.74 Å². The molecule has 0 spiro atoms. The lowest BCUT2D eigenvalue weighted by Gasteiger charge is -2.24. The number of rotatable bonds is 8. The van der Waals surface area contributed by atoms with E-state index in [4.69, 9.17) is 27.9 Å². The van der Waals surface area contributed by atoms with Gasteiger partial charge in [0.25, 0.3) is 0 Å². The Bertz CT molecular complexity index is 833. The second-order valence-electron chi connectivity index (χ2n) is 6.11. The van der Waals surface area contributed by atoms with E-state index in [2.05, 4.69) is 0 Å². The monoisotopic (exact) mass is 406 g/mol. The molecule has 27 heavy (non-hydrogen) atoms. The molecule has 0 aromatic heterocycles. The van der Waals surface area contributed by atoms with Gasteiger partial charge >= 0.3 is 5.97 Å². The van der Waals surface area contributed by atoms with Crippen molar-refractivity contribution in [2.75, 3.05) is 6.61 Å². The first kappa shape index (κ1) is 21.1. The summed E-state index contributed by atoms with van der Waals surface area (Å²) in [5.74, 6) is -3.01. The maximum Gasteiger partial charge on any atom is 0.317 e. The molecule has 2 atom stereocenters. The van der Waals surface area contributed by atoms with E-state index in [-0.39, 0.29) is 29.6 Å². The van der Waals surface area contributed by atoms with Crippen LogP contribution in [0, 0.1) is 5.92 Å². The number of carbonyl (C=O) groups excluding carboxylic acids is 3. The van der Waals surface area contributed by atoms with Crippen LogP contribution < -0.4 is 0 Å². The first-order valence-corrected chi connectivity index (χ1v) is 9.31. The highest BCUT2D eigenvalue weighted by Crippen LogP contribution is 2.35. The number of carbonyl (C=O) groups is 3. The number of hydrogen-bond donors (Lipinski definition) is 0. The van der Waals surface area contributed by atoms with Crippen LogP contribution in [0.15, 0.2) is 48.5 Å². The molecule has 4 nitrogen and oxygen atoms in total. The van der Waals surface area contributed by atoms with Crippen LogP contribution in [0.1, 0.15) is 42.1 Å². The van der Waals surface area contributed by atoms with Crippen molar-refractivity contribution >= 4 is 40.7 Å². The molecular weight excluding hydrogens is 387 g/mol. The third-order valence-electron chi connectivity index (χ3n) is 4.25. The van der Waals surface area contributed by atoms with Gasteiger partial charge in [0.15, 0.2) is 5.78 Å². The molecule has 0 bridgehead atoms. The van der Waals surface area contributed by atoms with Gasteiger partial charge in [0.05, 0.1) is 16.7 Å². The van der Waals surface area contributed by atoms with Gasteiger partial charge in [0.2, 0.25) is 0 Å². The molecule has 0 radical (unpaired) electrons. The van der Waals surface area contributed by atoms with Gasteiger partial charge in [-0.05, 0) is 31.5 Å². The Kier molecular flexibility index (Phi) is 7.57. The summed E-state index contributed by atoms with van der Waals surface area (Å²) in [6.45, 7) is 3.13. The van der Waals surface area contributed by atoms with Gasteiger partial charge in [-0.2, -0.15) is 0 Å². The molecule has 0 unspecified atom stereocenters. The van der Waals surface area contributed by atoms with Crippen LogP contribution in [0.2, 0.25) is 10.0 Å². The summed E-state index contributed by atoms with van der Waals surface area (Å²) >= 11 is 12.1. The summed E-state index contributed by atoms with van der Waals surface area (Å²) in [6, 6.07) is 13.6. The van der Waals surface area contributed by atoms with Crippen molar-refractivity contribution in [3.63, 3.8) is 0 Å². The highest BCUT2D eigenvalue weighted by atomic mass is 35.5.